The fourth-order valence-electron chi connectivity index (χ4n) is 2.66. The summed E-state index contributed by atoms with van der Waals surface area (Å²) in [5.41, 5.74) is 7.17. The molecule has 3 rings (SSSR count). The summed E-state index contributed by atoms with van der Waals surface area (Å²) in [6.07, 6.45) is 2.54. The quantitative estimate of drug-likeness (QED) is 0.899. The maximum absolute atomic E-state index is 14.0. The van der Waals surface area contributed by atoms with Crippen molar-refractivity contribution in [2.45, 2.75) is 12.5 Å². The van der Waals surface area contributed by atoms with E-state index >= 15 is 0 Å². The van der Waals surface area contributed by atoms with Gasteiger partial charge in [-0.15, -0.1) is 12.4 Å². The zero-order chi connectivity index (χ0) is 15.0. The first-order valence-corrected chi connectivity index (χ1v) is 7.13. The molecule has 7 heteroatoms. The van der Waals surface area contributed by atoms with Gasteiger partial charge in [-0.2, -0.15) is 0 Å². The number of amides is 1. The van der Waals surface area contributed by atoms with Crippen LogP contribution < -0.4 is 11.1 Å². The third-order valence-corrected chi connectivity index (χ3v) is 3.95. The van der Waals surface area contributed by atoms with Crippen molar-refractivity contribution in [2.24, 2.45) is 5.73 Å². The third kappa shape index (κ3) is 2.97. The summed E-state index contributed by atoms with van der Waals surface area (Å²) >= 11 is 5.93. The van der Waals surface area contributed by atoms with E-state index in [1.165, 1.54) is 12.1 Å². The van der Waals surface area contributed by atoms with Gasteiger partial charge in [0.25, 0.3) is 5.91 Å². The summed E-state index contributed by atoms with van der Waals surface area (Å²) in [6.45, 7) is 1.06. The predicted molar refractivity (Wildman–Crippen MR) is 87.1 cm³/mol. The second kappa shape index (κ2) is 6.69. The number of carbonyl (C=O) groups excluding carboxylic acids is 1. The molecule has 0 radical (unpaired) electrons. The Morgan fingerprint density at radius 1 is 1.41 bits per heavy atom. The van der Waals surface area contributed by atoms with Crippen LogP contribution in [0.1, 0.15) is 23.0 Å². The Kier molecular flexibility index (Phi) is 5.11. The molecule has 1 aliphatic rings. The molecular formula is C15H16Cl2FN3O. The van der Waals surface area contributed by atoms with E-state index in [2.05, 4.69) is 5.32 Å². The van der Waals surface area contributed by atoms with Crippen molar-refractivity contribution in [3.05, 3.63) is 47.0 Å². The molecule has 0 bridgehead atoms. The van der Waals surface area contributed by atoms with Gasteiger partial charge in [0, 0.05) is 28.9 Å². The van der Waals surface area contributed by atoms with Crippen LogP contribution in [0.15, 0.2) is 30.5 Å². The number of rotatable bonds is 3. The number of nitrogens with one attached hydrogen (secondary N) is 1. The van der Waals surface area contributed by atoms with Crippen LogP contribution in [0.25, 0.3) is 11.1 Å². The highest BCUT2D eigenvalue weighted by molar-refractivity contribution is 6.30. The summed E-state index contributed by atoms with van der Waals surface area (Å²) in [4.78, 5) is 11.9. The average Bonchev–Trinajstić information content (AvgIpc) is 2.91. The number of nitrogens with zero attached hydrogens (tertiary/aromatic N) is 1. The van der Waals surface area contributed by atoms with Crippen LogP contribution in [0.4, 0.5) is 4.39 Å². The van der Waals surface area contributed by atoms with E-state index in [1.807, 2.05) is 4.57 Å². The van der Waals surface area contributed by atoms with Crippen molar-refractivity contribution in [3.63, 3.8) is 0 Å². The number of carbonyl (C=O) groups is 1. The molecule has 4 nitrogen and oxygen atoms in total. The van der Waals surface area contributed by atoms with Crippen molar-refractivity contribution in [1.82, 2.24) is 9.88 Å². The van der Waals surface area contributed by atoms with Gasteiger partial charge < -0.3 is 15.6 Å². The van der Waals surface area contributed by atoms with E-state index in [0.29, 0.717) is 34.9 Å². The molecule has 0 saturated carbocycles. The van der Waals surface area contributed by atoms with Crippen LogP contribution in [0, 0.1) is 5.82 Å². The lowest BCUT2D eigenvalue weighted by atomic mass is 10.1. The van der Waals surface area contributed by atoms with Gasteiger partial charge in [0.2, 0.25) is 0 Å². The molecule has 1 aliphatic heterocycles. The topological polar surface area (TPSA) is 60.0 Å². The van der Waals surface area contributed by atoms with Crippen LogP contribution in [-0.2, 0) is 0 Å². The van der Waals surface area contributed by atoms with E-state index in [4.69, 9.17) is 17.3 Å². The minimum Gasteiger partial charge on any atom is -0.349 e. The third-order valence-electron chi connectivity index (χ3n) is 3.71. The molecule has 0 spiro atoms. The van der Waals surface area contributed by atoms with Crippen LogP contribution >= 0.6 is 24.0 Å². The Balaban J connectivity index is 0.00000176. The number of nitrogens with two attached hydrogens (primary N) is 1. The minimum atomic E-state index is -0.363. The predicted octanol–water partition coefficient (Wildman–Crippen LogP) is 3.00. The molecule has 2 aromatic rings. The van der Waals surface area contributed by atoms with Crippen molar-refractivity contribution >= 4 is 29.9 Å². The van der Waals surface area contributed by atoms with Gasteiger partial charge in [-0.25, -0.2) is 4.39 Å². The summed E-state index contributed by atoms with van der Waals surface area (Å²) < 4.78 is 15.9. The smallest absolute Gasteiger partial charge is 0.268 e. The fraction of sp³-hybridized carbons (Fsp3) is 0.267. The molecule has 1 atom stereocenters. The normalized spacial score (nSPS) is 16.7. The van der Waals surface area contributed by atoms with E-state index in [1.54, 1.807) is 18.3 Å². The molecule has 1 amide bonds. The van der Waals surface area contributed by atoms with Gasteiger partial charge in [0.05, 0.1) is 6.04 Å². The molecular weight excluding hydrogens is 328 g/mol. The van der Waals surface area contributed by atoms with Gasteiger partial charge in [0.15, 0.2) is 0 Å². The Morgan fingerprint density at radius 3 is 2.91 bits per heavy atom. The van der Waals surface area contributed by atoms with Gasteiger partial charge >= 0.3 is 0 Å². The Morgan fingerprint density at radius 2 is 2.18 bits per heavy atom. The first kappa shape index (κ1) is 16.8. The van der Waals surface area contributed by atoms with Gasteiger partial charge in [-0.1, -0.05) is 11.6 Å². The van der Waals surface area contributed by atoms with Gasteiger partial charge in [-0.05, 0) is 37.2 Å². The van der Waals surface area contributed by atoms with Crippen LogP contribution in [0.3, 0.4) is 0 Å². The van der Waals surface area contributed by atoms with Crippen LogP contribution in [0.2, 0.25) is 5.02 Å². The Bertz CT molecular complexity index is 702. The van der Waals surface area contributed by atoms with E-state index in [0.717, 1.165) is 6.42 Å². The second-order valence-electron chi connectivity index (χ2n) is 5.09. The van der Waals surface area contributed by atoms with Crippen molar-refractivity contribution < 1.29 is 9.18 Å². The lowest BCUT2D eigenvalue weighted by Crippen LogP contribution is -2.39. The van der Waals surface area contributed by atoms with Crippen molar-refractivity contribution in [1.29, 1.82) is 0 Å². The monoisotopic (exact) mass is 343 g/mol. The molecule has 118 valence electrons. The summed E-state index contributed by atoms with van der Waals surface area (Å²) in [7, 11) is 0. The highest BCUT2D eigenvalue weighted by Gasteiger charge is 2.25. The zero-order valence-corrected chi connectivity index (χ0v) is 13.3. The maximum atomic E-state index is 14.0. The van der Waals surface area contributed by atoms with E-state index < -0.39 is 0 Å². The summed E-state index contributed by atoms with van der Waals surface area (Å²) in [5, 5.41) is 3.29. The first-order valence-electron chi connectivity index (χ1n) is 6.75. The van der Waals surface area contributed by atoms with E-state index in [-0.39, 0.29) is 30.2 Å². The van der Waals surface area contributed by atoms with Crippen LogP contribution in [0.5, 0.6) is 0 Å². The number of benzene rings is 1. The largest absolute Gasteiger partial charge is 0.349 e. The molecule has 22 heavy (non-hydrogen) atoms. The molecule has 1 unspecified atom stereocenters. The maximum Gasteiger partial charge on any atom is 0.268 e. The molecule has 1 aromatic carbocycles. The SMILES string of the molecule is Cl.NCCC1CNC(=O)c2cc(-c3cc(Cl)ccc3F)cn21. The summed E-state index contributed by atoms with van der Waals surface area (Å²) in [5.74, 6) is -0.518. The fourth-order valence-corrected chi connectivity index (χ4v) is 2.83. The second-order valence-corrected chi connectivity index (χ2v) is 5.52. The van der Waals surface area contributed by atoms with Crippen molar-refractivity contribution in [2.75, 3.05) is 13.1 Å². The highest BCUT2D eigenvalue weighted by atomic mass is 35.5. The zero-order valence-electron chi connectivity index (χ0n) is 11.7. The van der Waals surface area contributed by atoms with Gasteiger partial charge in [-0.3, -0.25) is 4.79 Å². The molecule has 3 N–H and O–H groups in total. The number of aromatic nitrogens is 1. The minimum absolute atomic E-state index is 0. The molecule has 2 heterocycles. The molecule has 0 fully saturated rings. The lowest BCUT2D eigenvalue weighted by Gasteiger charge is -2.25. The Labute approximate surface area is 138 Å². The highest BCUT2D eigenvalue weighted by Crippen LogP contribution is 2.31. The van der Waals surface area contributed by atoms with E-state index in [9.17, 15) is 9.18 Å². The summed E-state index contributed by atoms with van der Waals surface area (Å²) in [6, 6.07) is 6.17. The molecule has 1 aromatic heterocycles. The number of hydrogen-bond donors (Lipinski definition) is 2. The van der Waals surface area contributed by atoms with Crippen molar-refractivity contribution in [3.8, 4) is 11.1 Å². The first-order chi connectivity index (χ1) is 10.1. The standard InChI is InChI=1S/C15H15ClFN3O.ClH/c16-10-1-2-13(17)12(6-10)9-5-14-15(21)19-7-11(3-4-18)20(14)8-9;/h1-2,5-6,8,11H,3-4,7,18H2,(H,19,21);1H. The average molecular weight is 344 g/mol. The molecule has 0 aliphatic carbocycles. The number of hydrogen-bond acceptors (Lipinski definition) is 2. The lowest BCUT2D eigenvalue weighted by molar-refractivity contribution is 0.0913. The Hall–Kier alpha value is -1.56. The van der Waals surface area contributed by atoms with Crippen LogP contribution in [-0.4, -0.2) is 23.6 Å². The molecule has 0 saturated heterocycles. The van der Waals surface area contributed by atoms with Gasteiger partial charge in [0.1, 0.15) is 11.5 Å². The number of fused-ring (bicyclic) bond motifs is 1. The number of halogens is 3.